The molecule has 2 rings (SSSR count). The molecule has 0 saturated carbocycles. The summed E-state index contributed by atoms with van der Waals surface area (Å²) in [4.78, 5) is 10.5. The molecule has 0 spiro atoms. The molecule has 0 bridgehead atoms. The third-order valence-electron chi connectivity index (χ3n) is 2.39. The van der Waals surface area contributed by atoms with Gasteiger partial charge in [-0.05, 0) is 31.2 Å². The van der Waals surface area contributed by atoms with E-state index < -0.39 is 0 Å². The smallest absolute Gasteiger partial charge is 0.137 e. The lowest BCUT2D eigenvalue weighted by Gasteiger charge is -1.98. The van der Waals surface area contributed by atoms with E-state index in [9.17, 15) is 9.18 Å². The number of aryl methyl sites for hydroxylation is 1. The Hall–Kier alpha value is -1.97. The molecule has 0 aliphatic rings. The second kappa shape index (κ2) is 4.26. The summed E-state index contributed by atoms with van der Waals surface area (Å²) in [7, 11) is 0. The van der Waals surface area contributed by atoms with Crippen LogP contribution in [0.2, 0.25) is 0 Å². The first kappa shape index (κ1) is 10.5. The molecule has 0 radical (unpaired) electrons. The Kier molecular flexibility index (Phi) is 2.81. The van der Waals surface area contributed by atoms with Crippen LogP contribution < -0.4 is 0 Å². The van der Waals surface area contributed by atoms with Gasteiger partial charge >= 0.3 is 0 Å². The van der Waals surface area contributed by atoms with Gasteiger partial charge in [0, 0.05) is 17.5 Å². The number of hydrogen-bond acceptors (Lipinski definition) is 3. The molecule has 0 aliphatic carbocycles. The van der Waals surface area contributed by atoms with Crippen molar-refractivity contribution in [1.29, 1.82) is 0 Å². The first-order valence-corrected chi connectivity index (χ1v) is 4.87. The second-order valence-corrected chi connectivity index (χ2v) is 3.44. The Labute approximate surface area is 91.9 Å². The Bertz CT molecular complexity index is 502. The van der Waals surface area contributed by atoms with Gasteiger partial charge in [0.2, 0.25) is 0 Å². The number of aldehydes is 1. The summed E-state index contributed by atoms with van der Waals surface area (Å²) in [5.41, 5.74) is 2.10. The largest absolute Gasteiger partial charge is 0.361 e. The third kappa shape index (κ3) is 1.86. The van der Waals surface area contributed by atoms with E-state index in [2.05, 4.69) is 5.16 Å². The number of carbonyl (C=O) groups excluding carboxylic acids is 1. The molecule has 0 N–H and O–H groups in total. The summed E-state index contributed by atoms with van der Waals surface area (Å²) in [5.74, 6) is 0.312. The Morgan fingerprint density at radius 2 is 2.06 bits per heavy atom. The van der Waals surface area contributed by atoms with E-state index in [1.165, 1.54) is 12.1 Å². The highest BCUT2D eigenvalue weighted by Crippen LogP contribution is 2.25. The number of benzene rings is 1. The number of aromatic nitrogens is 1. The SMILES string of the molecule is Cc1onc(-c2ccc(F)cc2)c1CC=O. The van der Waals surface area contributed by atoms with Crippen LogP contribution in [0.4, 0.5) is 4.39 Å². The molecule has 0 amide bonds. The van der Waals surface area contributed by atoms with Gasteiger partial charge in [-0.3, -0.25) is 0 Å². The highest BCUT2D eigenvalue weighted by molar-refractivity contribution is 5.68. The van der Waals surface area contributed by atoms with Crippen LogP contribution in [0.15, 0.2) is 28.8 Å². The number of halogens is 1. The highest BCUT2D eigenvalue weighted by Gasteiger charge is 2.13. The zero-order chi connectivity index (χ0) is 11.5. The first-order valence-electron chi connectivity index (χ1n) is 4.87. The minimum atomic E-state index is -0.305. The van der Waals surface area contributed by atoms with Crippen molar-refractivity contribution in [1.82, 2.24) is 5.16 Å². The van der Waals surface area contributed by atoms with Gasteiger partial charge in [0.1, 0.15) is 23.6 Å². The summed E-state index contributed by atoms with van der Waals surface area (Å²) < 4.78 is 17.8. The maximum Gasteiger partial charge on any atom is 0.137 e. The van der Waals surface area contributed by atoms with Crippen LogP contribution in [-0.4, -0.2) is 11.4 Å². The quantitative estimate of drug-likeness (QED) is 0.745. The Morgan fingerprint density at radius 3 is 2.69 bits per heavy atom. The standard InChI is InChI=1S/C12H10FNO2/c1-8-11(6-7-15)12(14-16-8)9-2-4-10(13)5-3-9/h2-5,7H,6H2,1H3. The number of nitrogens with zero attached hydrogens (tertiary/aromatic N) is 1. The normalized spacial score (nSPS) is 10.4. The molecule has 0 aliphatic heterocycles. The molecule has 1 aromatic heterocycles. The van der Waals surface area contributed by atoms with Crippen molar-refractivity contribution in [2.24, 2.45) is 0 Å². The van der Waals surface area contributed by atoms with Crippen molar-refractivity contribution >= 4 is 6.29 Å². The molecule has 1 heterocycles. The van der Waals surface area contributed by atoms with Crippen LogP contribution in [0.5, 0.6) is 0 Å². The van der Waals surface area contributed by atoms with Gasteiger partial charge in [0.15, 0.2) is 0 Å². The number of carbonyl (C=O) groups is 1. The van der Waals surface area contributed by atoms with Gasteiger partial charge in [-0.2, -0.15) is 0 Å². The van der Waals surface area contributed by atoms with E-state index in [-0.39, 0.29) is 12.2 Å². The van der Waals surface area contributed by atoms with E-state index in [0.717, 1.165) is 17.4 Å². The van der Waals surface area contributed by atoms with Crippen molar-refractivity contribution < 1.29 is 13.7 Å². The van der Waals surface area contributed by atoms with E-state index in [0.29, 0.717) is 11.5 Å². The predicted molar refractivity (Wildman–Crippen MR) is 56.4 cm³/mol. The summed E-state index contributed by atoms with van der Waals surface area (Å²) in [6.45, 7) is 1.75. The van der Waals surface area contributed by atoms with Gasteiger partial charge < -0.3 is 9.32 Å². The lowest BCUT2D eigenvalue weighted by molar-refractivity contribution is -0.107. The van der Waals surface area contributed by atoms with Crippen molar-refractivity contribution in [3.8, 4) is 11.3 Å². The molecule has 0 atom stereocenters. The molecular formula is C12H10FNO2. The van der Waals surface area contributed by atoms with Crippen molar-refractivity contribution in [3.63, 3.8) is 0 Å². The van der Waals surface area contributed by atoms with E-state index in [1.807, 2.05) is 0 Å². The average molecular weight is 219 g/mol. The van der Waals surface area contributed by atoms with Gasteiger partial charge in [-0.15, -0.1) is 0 Å². The number of rotatable bonds is 3. The van der Waals surface area contributed by atoms with Gasteiger partial charge in [-0.25, -0.2) is 4.39 Å². The summed E-state index contributed by atoms with van der Waals surface area (Å²) in [6.07, 6.45) is 1.05. The molecule has 0 saturated heterocycles. The molecule has 4 heteroatoms. The molecular weight excluding hydrogens is 209 g/mol. The minimum Gasteiger partial charge on any atom is -0.361 e. The predicted octanol–water partition coefficient (Wildman–Crippen LogP) is 2.53. The molecule has 0 unspecified atom stereocenters. The molecule has 2 aromatic rings. The van der Waals surface area contributed by atoms with Crippen LogP contribution in [0.1, 0.15) is 11.3 Å². The van der Waals surface area contributed by atoms with Crippen molar-refractivity contribution in [2.75, 3.05) is 0 Å². The van der Waals surface area contributed by atoms with Crippen LogP contribution >= 0.6 is 0 Å². The monoisotopic (exact) mass is 219 g/mol. The van der Waals surface area contributed by atoms with Crippen molar-refractivity contribution in [3.05, 3.63) is 41.4 Å². The minimum absolute atomic E-state index is 0.252. The van der Waals surface area contributed by atoms with E-state index >= 15 is 0 Å². The third-order valence-corrected chi connectivity index (χ3v) is 2.39. The summed E-state index contributed by atoms with van der Waals surface area (Å²) in [5, 5.41) is 3.88. The first-order chi connectivity index (χ1) is 7.72. The molecule has 0 fully saturated rings. The van der Waals surface area contributed by atoms with Crippen LogP contribution in [0.25, 0.3) is 11.3 Å². The highest BCUT2D eigenvalue weighted by atomic mass is 19.1. The van der Waals surface area contributed by atoms with Gasteiger partial charge in [0.05, 0.1) is 0 Å². The Balaban J connectivity index is 2.47. The zero-order valence-electron chi connectivity index (χ0n) is 8.74. The fourth-order valence-corrected chi connectivity index (χ4v) is 1.55. The Morgan fingerprint density at radius 1 is 1.38 bits per heavy atom. The average Bonchev–Trinajstić information content (AvgIpc) is 2.63. The fourth-order valence-electron chi connectivity index (χ4n) is 1.55. The maximum absolute atomic E-state index is 12.8. The molecule has 16 heavy (non-hydrogen) atoms. The van der Waals surface area contributed by atoms with E-state index in [4.69, 9.17) is 4.52 Å². The second-order valence-electron chi connectivity index (χ2n) is 3.44. The van der Waals surface area contributed by atoms with Gasteiger partial charge in [0.25, 0.3) is 0 Å². The lowest BCUT2D eigenvalue weighted by atomic mass is 10.0. The number of hydrogen-bond donors (Lipinski definition) is 0. The molecule has 3 nitrogen and oxygen atoms in total. The zero-order valence-corrected chi connectivity index (χ0v) is 8.74. The van der Waals surface area contributed by atoms with E-state index in [1.54, 1.807) is 19.1 Å². The van der Waals surface area contributed by atoms with Crippen LogP contribution in [-0.2, 0) is 11.2 Å². The summed E-state index contributed by atoms with van der Waals surface area (Å²) >= 11 is 0. The van der Waals surface area contributed by atoms with Crippen LogP contribution in [0, 0.1) is 12.7 Å². The lowest BCUT2D eigenvalue weighted by Crippen LogP contribution is -1.90. The topological polar surface area (TPSA) is 43.1 Å². The van der Waals surface area contributed by atoms with Crippen LogP contribution in [0.3, 0.4) is 0 Å². The fraction of sp³-hybridized carbons (Fsp3) is 0.167. The molecule has 82 valence electrons. The summed E-state index contributed by atoms with van der Waals surface area (Å²) in [6, 6.07) is 5.93. The maximum atomic E-state index is 12.8. The van der Waals surface area contributed by atoms with Gasteiger partial charge in [-0.1, -0.05) is 5.16 Å². The van der Waals surface area contributed by atoms with Crippen molar-refractivity contribution in [2.45, 2.75) is 13.3 Å². The molecule has 1 aromatic carbocycles.